The van der Waals surface area contributed by atoms with Crippen LogP contribution in [0.5, 0.6) is 0 Å². The molecule has 0 bridgehead atoms. The minimum Gasteiger partial charge on any atom is -0.365 e. The Balaban J connectivity index is 2.09. The van der Waals surface area contributed by atoms with Crippen LogP contribution in [0.2, 0.25) is 5.15 Å². The fourth-order valence-corrected chi connectivity index (χ4v) is 3.61. The number of nitrogens with one attached hydrogen (secondary N) is 1. The van der Waals surface area contributed by atoms with Crippen molar-refractivity contribution in [1.29, 1.82) is 0 Å². The maximum Gasteiger partial charge on any atom is 0.171 e. The number of rotatable bonds is 2. The molecule has 0 aliphatic carbocycles. The Kier molecular flexibility index (Phi) is 3.77. The molecule has 5 nitrogen and oxygen atoms in total. The van der Waals surface area contributed by atoms with E-state index in [0.29, 0.717) is 23.8 Å². The summed E-state index contributed by atoms with van der Waals surface area (Å²) in [5.41, 5.74) is 1.63. The summed E-state index contributed by atoms with van der Waals surface area (Å²) < 4.78 is 22.7. The Morgan fingerprint density at radius 1 is 1.17 bits per heavy atom. The summed E-state index contributed by atoms with van der Waals surface area (Å²) in [5, 5.41) is 3.52. The van der Waals surface area contributed by atoms with Crippen LogP contribution < -0.4 is 5.32 Å². The second-order valence-corrected chi connectivity index (χ2v) is 7.27. The first-order valence-corrected chi connectivity index (χ1v) is 8.05. The average Bonchev–Trinajstić information content (AvgIpc) is 2.28. The number of aryl methyl sites for hydroxylation is 2. The summed E-state index contributed by atoms with van der Waals surface area (Å²) in [4.78, 5) is 8.54. The van der Waals surface area contributed by atoms with Crippen LogP contribution in [-0.4, -0.2) is 35.9 Å². The van der Waals surface area contributed by atoms with Gasteiger partial charge in [0.05, 0.1) is 22.9 Å². The lowest BCUT2D eigenvalue weighted by molar-refractivity contribution is 0.559. The first-order chi connectivity index (χ1) is 8.37. The maximum atomic E-state index is 11.3. The van der Waals surface area contributed by atoms with Crippen LogP contribution in [0.4, 0.5) is 5.82 Å². The van der Waals surface area contributed by atoms with Crippen molar-refractivity contribution in [3.05, 3.63) is 16.5 Å². The van der Waals surface area contributed by atoms with Crippen LogP contribution in [0, 0.1) is 13.8 Å². The SMILES string of the molecule is Cc1nc(Cl)c(NC2CCS(=O)(=O)CC2)nc1C. The lowest BCUT2D eigenvalue weighted by Crippen LogP contribution is -2.32. The van der Waals surface area contributed by atoms with Gasteiger partial charge >= 0.3 is 0 Å². The number of hydrogen-bond acceptors (Lipinski definition) is 5. The minimum absolute atomic E-state index is 0.0995. The fraction of sp³-hybridized carbons (Fsp3) is 0.636. The Morgan fingerprint density at radius 2 is 1.72 bits per heavy atom. The number of halogens is 1. The molecule has 0 spiro atoms. The molecule has 1 aromatic rings. The predicted molar refractivity (Wildman–Crippen MR) is 71.8 cm³/mol. The summed E-state index contributed by atoms with van der Waals surface area (Å²) in [6.07, 6.45) is 1.18. The van der Waals surface area contributed by atoms with E-state index in [2.05, 4.69) is 15.3 Å². The van der Waals surface area contributed by atoms with Gasteiger partial charge in [-0.15, -0.1) is 0 Å². The van der Waals surface area contributed by atoms with Crippen molar-refractivity contribution in [2.75, 3.05) is 16.8 Å². The Labute approximate surface area is 112 Å². The average molecular weight is 290 g/mol. The van der Waals surface area contributed by atoms with Gasteiger partial charge in [-0.25, -0.2) is 18.4 Å². The van der Waals surface area contributed by atoms with E-state index in [1.165, 1.54) is 0 Å². The van der Waals surface area contributed by atoms with Gasteiger partial charge < -0.3 is 5.32 Å². The van der Waals surface area contributed by atoms with E-state index in [1.807, 2.05) is 13.8 Å². The van der Waals surface area contributed by atoms with Crippen molar-refractivity contribution in [2.24, 2.45) is 0 Å². The van der Waals surface area contributed by atoms with Gasteiger partial charge in [0, 0.05) is 6.04 Å². The molecule has 1 fully saturated rings. The third-order valence-electron chi connectivity index (χ3n) is 3.16. The zero-order chi connectivity index (χ0) is 13.3. The summed E-state index contributed by atoms with van der Waals surface area (Å²) in [5.74, 6) is 0.991. The Bertz CT molecular complexity index is 546. The summed E-state index contributed by atoms with van der Waals surface area (Å²) in [6, 6.07) is 0.0995. The normalized spacial score (nSPS) is 19.7. The Morgan fingerprint density at radius 3 is 2.33 bits per heavy atom. The van der Waals surface area contributed by atoms with Crippen molar-refractivity contribution in [1.82, 2.24) is 9.97 Å². The lowest BCUT2D eigenvalue weighted by Gasteiger charge is -2.24. The molecule has 1 aromatic heterocycles. The first-order valence-electron chi connectivity index (χ1n) is 5.85. The molecule has 1 aliphatic rings. The molecule has 0 unspecified atom stereocenters. The number of hydrogen-bond donors (Lipinski definition) is 1. The zero-order valence-electron chi connectivity index (χ0n) is 10.4. The van der Waals surface area contributed by atoms with Crippen molar-refractivity contribution in [3.63, 3.8) is 0 Å². The van der Waals surface area contributed by atoms with Crippen LogP contribution >= 0.6 is 11.6 Å². The highest BCUT2D eigenvalue weighted by Crippen LogP contribution is 2.22. The molecule has 2 rings (SSSR count). The standard InChI is InChI=1S/C11H16ClN3O2S/c1-7-8(2)14-11(10(12)13-7)15-9-3-5-18(16,17)6-4-9/h9H,3-6H2,1-2H3,(H,14,15). The van der Waals surface area contributed by atoms with E-state index in [9.17, 15) is 8.42 Å². The van der Waals surface area contributed by atoms with Gasteiger partial charge in [0.15, 0.2) is 11.0 Å². The first kappa shape index (κ1) is 13.5. The highest BCUT2D eigenvalue weighted by molar-refractivity contribution is 7.91. The molecular formula is C11H16ClN3O2S. The number of anilines is 1. The zero-order valence-corrected chi connectivity index (χ0v) is 12.0. The highest BCUT2D eigenvalue weighted by Gasteiger charge is 2.24. The van der Waals surface area contributed by atoms with E-state index in [0.717, 1.165) is 11.4 Å². The van der Waals surface area contributed by atoms with E-state index in [1.54, 1.807) is 0 Å². The molecule has 0 saturated carbocycles. The van der Waals surface area contributed by atoms with Gasteiger partial charge in [0.1, 0.15) is 9.84 Å². The van der Waals surface area contributed by atoms with Crippen LogP contribution in [0.15, 0.2) is 0 Å². The van der Waals surface area contributed by atoms with Crippen molar-refractivity contribution in [2.45, 2.75) is 32.7 Å². The van der Waals surface area contributed by atoms with Crippen LogP contribution in [0.1, 0.15) is 24.2 Å². The van der Waals surface area contributed by atoms with Crippen LogP contribution in [0.3, 0.4) is 0 Å². The van der Waals surface area contributed by atoms with E-state index in [-0.39, 0.29) is 17.5 Å². The van der Waals surface area contributed by atoms with Gasteiger partial charge in [-0.3, -0.25) is 0 Å². The molecule has 0 aromatic carbocycles. The van der Waals surface area contributed by atoms with Gasteiger partial charge in [0.2, 0.25) is 0 Å². The largest absolute Gasteiger partial charge is 0.365 e. The van der Waals surface area contributed by atoms with Gasteiger partial charge in [-0.2, -0.15) is 0 Å². The Hall–Kier alpha value is -0.880. The van der Waals surface area contributed by atoms with Crippen LogP contribution in [0.25, 0.3) is 0 Å². The maximum absolute atomic E-state index is 11.3. The molecule has 1 saturated heterocycles. The molecule has 0 radical (unpaired) electrons. The number of sulfone groups is 1. The molecule has 1 aliphatic heterocycles. The van der Waals surface area contributed by atoms with Gasteiger partial charge in [0.25, 0.3) is 0 Å². The third-order valence-corrected chi connectivity index (χ3v) is 5.14. The van der Waals surface area contributed by atoms with E-state index in [4.69, 9.17) is 11.6 Å². The molecule has 1 N–H and O–H groups in total. The highest BCUT2D eigenvalue weighted by atomic mass is 35.5. The molecule has 7 heteroatoms. The summed E-state index contributed by atoms with van der Waals surface area (Å²) >= 11 is 6.02. The third kappa shape index (κ3) is 3.11. The molecule has 0 atom stereocenters. The van der Waals surface area contributed by atoms with Gasteiger partial charge in [-0.05, 0) is 26.7 Å². The van der Waals surface area contributed by atoms with E-state index >= 15 is 0 Å². The molecular weight excluding hydrogens is 274 g/mol. The topological polar surface area (TPSA) is 72.0 Å². The summed E-state index contributed by atoms with van der Waals surface area (Å²) in [6.45, 7) is 3.72. The molecule has 100 valence electrons. The number of aromatic nitrogens is 2. The fourth-order valence-electron chi connectivity index (χ4n) is 1.90. The second kappa shape index (κ2) is 5.01. The smallest absolute Gasteiger partial charge is 0.171 e. The monoisotopic (exact) mass is 289 g/mol. The van der Waals surface area contributed by atoms with E-state index < -0.39 is 9.84 Å². The molecule has 0 amide bonds. The van der Waals surface area contributed by atoms with Crippen LogP contribution in [-0.2, 0) is 9.84 Å². The second-order valence-electron chi connectivity index (χ2n) is 4.60. The quantitative estimate of drug-likeness (QED) is 0.898. The molecule has 18 heavy (non-hydrogen) atoms. The summed E-state index contributed by atoms with van der Waals surface area (Å²) in [7, 11) is -2.84. The molecule has 2 heterocycles. The van der Waals surface area contributed by atoms with Crippen molar-refractivity contribution < 1.29 is 8.42 Å². The minimum atomic E-state index is -2.84. The van der Waals surface area contributed by atoms with Crippen molar-refractivity contribution >= 4 is 27.3 Å². The number of nitrogens with zero attached hydrogens (tertiary/aromatic N) is 2. The predicted octanol–water partition coefficient (Wildman–Crippen LogP) is 1.74. The van der Waals surface area contributed by atoms with Gasteiger partial charge in [-0.1, -0.05) is 11.6 Å². The lowest BCUT2D eigenvalue weighted by atomic mass is 10.1. The van der Waals surface area contributed by atoms with Crippen molar-refractivity contribution in [3.8, 4) is 0 Å².